The number of amides is 1. The molecule has 4 nitrogen and oxygen atoms in total. The van der Waals surface area contributed by atoms with Crippen molar-refractivity contribution < 1.29 is 9.53 Å². The molecule has 4 rings (SSSR count). The molecular weight excluding hydrogens is 404 g/mol. The van der Waals surface area contributed by atoms with Gasteiger partial charge in [-0.1, -0.05) is 53.5 Å². The summed E-state index contributed by atoms with van der Waals surface area (Å²) in [7, 11) is 1.67. The number of nitrogens with zero attached hydrogens (tertiary/aromatic N) is 1. The first kappa shape index (κ1) is 18.1. The van der Waals surface area contributed by atoms with Crippen molar-refractivity contribution in [3.05, 3.63) is 63.6 Å². The second-order valence-electron chi connectivity index (χ2n) is 7.77. The van der Waals surface area contributed by atoms with Gasteiger partial charge in [0.25, 0.3) is 0 Å². The van der Waals surface area contributed by atoms with Crippen molar-refractivity contribution in [2.45, 2.75) is 31.8 Å². The Labute approximate surface area is 168 Å². The summed E-state index contributed by atoms with van der Waals surface area (Å²) < 4.78 is 6.49. The Bertz CT molecular complexity index is 967. The number of hydrogen-bond acceptors (Lipinski definition) is 3. The van der Waals surface area contributed by atoms with Crippen LogP contribution in [0.2, 0.25) is 0 Å². The SMILES string of the molecule is COc1ccc(Br)cc1/C=C/C12NC(=O)CN1c1ccc(C)cc1C2(C)C. The van der Waals surface area contributed by atoms with E-state index in [9.17, 15) is 4.79 Å². The van der Waals surface area contributed by atoms with Crippen LogP contribution >= 0.6 is 15.9 Å². The number of rotatable bonds is 3. The molecule has 0 bridgehead atoms. The van der Waals surface area contributed by atoms with Crippen LogP contribution in [0.25, 0.3) is 6.08 Å². The maximum atomic E-state index is 12.4. The molecular formula is C22H23BrN2O2. The Hall–Kier alpha value is -2.27. The van der Waals surface area contributed by atoms with Gasteiger partial charge in [-0.15, -0.1) is 0 Å². The quantitative estimate of drug-likeness (QED) is 0.790. The number of aryl methyl sites for hydroxylation is 1. The van der Waals surface area contributed by atoms with E-state index in [0.717, 1.165) is 21.5 Å². The van der Waals surface area contributed by atoms with Gasteiger partial charge in [0.15, 0.2) is 0 Å². The molecule has 140 valence electrons. The third kappa shape index (κ3) is 2.59. The van der Waals surface area contributed by atoms with E-state index >= 15 is 0 Å². The van der Waals surface area contributed by atoms with Crippen molar-refractivity contribution in [3.8, 4) is 5.75 Å². The summed E-state index contributed by atoms with van der Waals surface area (Å²) in [4.78, 5) is 14.6. The Kier molecular flexibility index (Phi) is 4.11. The van der Waals surface area contributed by atoms with Crippen LogP contribution in [0.1, 0.15) is 30.5 Å². The van der Waals surface area contributed by atoms with Gasteiger partial charge in [0.2, 0.25) is 5.91 Å². The lowest BCUT2D eigenvalue weighted by Crippen LogP contribution is -2.58. The summed E-state index contributed by atoms with van der Waals surface area (Å²) in [6.45, 7) is 6.85. The molecule has 2 aliphatic rings. The van der Waals surface area contributed by atoms with Gasteiger partial charge in [-0.2, -0.15) is 0 Å². The molecule has 0 aromatic heterocycles. The summed E-state index contributed by atoms with van der Waals surface area (Å²) in [5, 5.41) is 3.26. The Morgan fingerprint density at radius 2 is 2.00 bits per heavy atom. The normalized spacial score (nSPS) is 22.7. The first-order chi connectivity index (χ1) is 12.8. The molecule has 2 aromatic carbocycles. The summed E-state index contributed by atoms with van der Waals surface area (Å²) in [6.07, 6.45) is 4.15. The number of hydrogen-bond donors (Lipinski definition) is 1. The monoisotopic (exact) mass is 426 g/mol. The van der Waals surface area contributed by atoms with Crippen molar-refractivity contribution in [3.63, 3.8) is 0 Å². The summed E-state index contributed by atoms with van der Waals surface area (Å²) in [5.41, 5.74) is 3.68. The topological polar surface area (TPSA) is 41.6 Å². The average molecular weight is 427 g/mol. The number of nitrogens with one attached hydrogen (secondary N) is 1. The van der Waals surface area contributed by atoms with Gasteiger partial charge >= 0.3 is 0 Å². The number of halogens is 1. The van der Waals surface area contributed by atoms with Crippen LogP contribution in [0.4, 0.5) is 5.69 Å². The number of benzene rings is 2. The van der Waals surface area contributed by atoms with E-state index in [-0.39, 0.29) is 11.3 Å². The summed E-state index contributed by atoms with van der Waals surface area (Å²) in [5.74, 6) is 0.839. The van der Waals surface area contributed by atoms with Crippen molar-refractivity contribution >= 4 is 33.6 Å². The largest absolute Gasteiger partial charge is 0.496 e. The molecule has 27 heavy (non-hydrogen) atoms. The lowest BCUT2D eigenvalue weighted by atomic mass is 9.75. The molecule has 2 aliphatic heterocycles. The van der Waals surface area contributed by atoms with Gasteiger partial charge in [-0.3, -0.25) is 4.79 Å². The number of carbonyl (C=O) groups excluding carboxylic acids is 1. The molecule has 2 heterocycles. The molecule has 0 saturated carbocycles. The summed E-state index contributed by atoms with van der Waals surface area (Å²) >= 11 is 3.53. The predicted molar refractivity (Wildman–Crippen MR) is 112 cm³/mol. The van der Waals surface area contributed by atoms with E-state index in [0.29, 0.717) is 6.54 Å². The van der Waals surface area contributed by atoms with Gasteiger partial charge in [-0.25, -0.2) is 0 Å². The third-order valence-electron chi connectivity index (χ3n) is 5.82. The van der Waals surface area contributed by atoms with Gasteiger partial charge in [0, 0.05) is 21.1 Å². The van der Waals surface area contributed by atoms with Crippen molar-refractivity contribution in [2.75, 3.05) is 18.6 Å². The van der Waals surface area contributed by atoms with Crippen LogP contribution in [0.15, 0.2) is 46.9 Å². The fraction of sp³-hybridized carbons (Fsp3) is 0.318. The average Bonchev–Trinajstić information content (AvgIpc) is 3.04. The van der Waals surface area contributed by atoms with Crippen LogP contribution < -0.4 is 15.0 Å². The first-order valence-electron chi connectivity index (χ1n) is 9.01. The van der Waals surface area contributed by atoms with E-state index in [1.165, 1.54) is 11.1 Å². The fourth-order valence-electron chi connectivity index (χ4n) is 4.33. The molecule has 0 aliphatic carbocycles. The van der Waals surface area contributed by atoms with Crippen LogP contribution in [0, 0.1) is 6.92 Å². The highest BCUT2D eigenvalue weighted by molar-refractivity contribution is 9.10. The molecule has 1 unspecified atom stereocenters. The molecule has 1 fully saturated rings. The van der Waals surface area contributed by atoms with E-state index in [4.69, 9.17) is 4.74 Å². The van der Waals surface area contributed by atoms with Gasteiger partial charge in [0.1, 0.15) is 11.4 Å². The number of ether oxygens (including phenoxy) is 1. The molecule has 1 saturated heterocycles. The molecule has 1 N–H and O–H groups in total. The highest BCUT2D eigenvalue weighted by Crippen LogP contribution is 2.53. The minimum absolute atomic E-state index is 0.0418. The van der Waals surface area contributed by atoms with E-state index < -0.39 is 5.66 Å². The molecule has 0 spiro atoms. The zero-order chi connectivity index (χ0) is 19.4. The maximum Gasteiger partial charge on any atom is 0.241 e. The fourth-order valence-corrected chi connectivity index (χ4v) is 4.71. The first-order valence-corrected chi connectivity index (χ1v) is 9.80. The molecule has 2 aromatic rings. The van der Waals surface area contributed by atoms with E-state index in [1.54, 1.807) is 7.11 Å². The van der Waals surface area contributed by atoms with Crippen LogP contribution in [0.3, 0.4) is 0 Å². The number of fused-ring (bicyclic) bond motifs is 3. The number of anilines is 1. The minimum Gasteiger partial charge on any atom is -0.496 e. The Balaban J connectivity index is 1.85. The van der Waals surface area contributed by atoms with Crippen molar-refractivity contribution in [2.24, 2.45) is 0 Å². The number of methoxy groups -OCH3 is 1. The predicted octanol–water partition coefficient (Wildman–Crippen LogP) is 4.40. The van der Waals surface area contributed by atoms with Crippen molar-refractivity contribution in [1.82, 2.24) is 5.32 Å². The smallest absolute Gasteiger partial charge is 0.241 e. The zero-order valence-electron chi connectivity index (χ0n) is 16.0. The van der Waals surface area contributed by atoms with Crippen LogP contribution in [0.5, 0.6) is 5.75 Å². The third-order valence-corrected chi connectivity index (χ3v) is 6.32. The molecule has 0 radical (unpaired) electrons. The highest BCUT2D eigenvalue weighted by Gasteiger charge is 2.59. The molecule has 1 amide bonds. The second kappa shape index (κ2) is 6.13. The van der Waals surface area contributed by atoms with Gasteiger partial charge in [-0.05, 0) is 42.8 Å². The minimum atomic E-state index is -0.604. The Morgan fingerprint density at radius 3 is 2.74 bits per heavy atom. The lowest BCUT2D eigenvalue weighted by Gasteiger charge is -2.40. The standard InChI is InChI=1S/C22H23BrN2O2/c1-14-5-7-18-17(11-14)21(2,3)22(24-20(26)13-25(18)22)10-9-15-12-16(23)6-8-19(15)27-4/h5-12H,13H2,1-4H3,(H,24,26)/b10-9+. The molecule has 1 atom stereocenters. The van der Waals surface area contributed by atoms with Crippen LogP contribution in [-0.2, 0) is 10.2 Å². The van der Waals surface area contributed by atoms with Crippen molar-refractivity contribution in [1.29, 1.82) is 0 Å². The highest BCUT2D eigenvalue weighted by atomic mass is 79.9. The van der Waals surface area contributed by atoms with E-state index in [2.05, 4.69) is 71.2 Å². The maximum absolute atomic E-state index is 12.4. The molecule has 5 heteroatoms. The van der Waals surface area contributed by atoms with Crippen LogP contribution in [-0.4, -0.2) is 25.2 Å². The Morgan fingerprint density at radius 1 is 1.22 bits per heavy atom. The second-order valence-corrected chi connectivity index (χ2v) is 8.68. The lowest BCUT2D eigenvalue weighted by molar-refractivity contribution is -0.118. The summed E-state index contributed by atoms with van der Waals surface area (Å²) in [6, 6.07) is 12.4. The van der Waals surface area contributed by atoms with Gasteiger partial charge in [0.05, 0.1) is 13.7 Å². The number of carbonyl (C=O) groups is 1. The zero-order valence-corrected chi connectivity index (χ0v) is 17.6. The van der Waals surface area contributed by atoms with Gasteiger partial charge < -0.3 is 15.0 Å². The van der Waals surface area contributed by atoms with E-state index in [1.807, 2.05) is 24.3 Å².